The van der Waals surface area contributed by atoms with Gasteiger partial charge < -0.3 is 10.3 Å². The summed E-state index contributed by atoms with van der Waals surface area (Å²) in [4.78, 5) is 0. The van der Waals surface area contributed by atoms with E-state index < -0.39 is 0 Å². The van der Waals surface area contributed by atoms with Crippen LogP contribution >= 0.6 is 0 Å². The fraction of sp³-hybridized carbons (Fsp3) is 0.692. The topological polar surface area (TPSA) is 30.9 Å². The Bertz CT molecular complexity index is 314. The summed E-state index contributed by atoms with van der Waals surface area (Å²) in [6.45, 7) is 4.17. The smallest absolute Gasteiger partial charge is 0.0506 e. The van der Waals surface area contributed by atoms with Crippen LogP contribution in [0.2, 0.25) is 0 Å². The summed E-state index contributed by atoms with van der Waals surface area (Å²) in [6, 6.07) is 4.97. The standard InChI is InChI=1S/C13H22N2/c1-13(2,14)12-9-6-10-15(12)11-7-4-3-5-8-11/h6,9-11H,3-5,7-8,14H2,1-2H3. The highest BCUT2D eigenvalue weighted by Gasteiger charge is 2.23. The molecule has 84 valence electrons. The lowest BCUT2D eigenvalue weighted by atomic mass is 9.94. The van der Waals surface area contributed by atoms with Crippen molar-refractivity contribution < 1.29 is 0 Å². The third kappa shape index (κ3) is 2.25. The minimum atomic E-state index is -0.221. The van der Waals surface area contributed by atoms with Crippen LogP contribution in [-0.4, -0.2) is 4.57 Å². The third-order valence-electron chi connectivity index (χ3n) is 3.41. The summed E-state index contributed by atoms with van der Waals surface area (Å²) >= 11 is 0. The van der Waals surface area contributed by atoms with Gasteiger partial charge in [-0.15, -0.1) is 0 Å². The minimum Gasteiger partial charge on any atom is -0.347 e. The highest BCUT2D eigenvalue weighted by Crippen LogP contribution is 2.31. The molecule has 1 aliphatic rings. The van der Waals surface area contributed by atoms with Gasteiger partial charge in [0.1, 0.15) is 0 Å². The van der Waals surface area contributed by atoms with Gasteiger partial charge in [-0.05, 0) is 38.8 Å². The van der Waals surface area contributed by atoms with Crippen molar-refractivity contribution >= 4 is 0 Å². The molecule has 2 nitrogen and oxygen atoms in total. The van der Waals surface area contributed by atoms with Crippen LogP contribution in [0.25, 0.3) is 0 Å². The molecule has 1 aliphatic carbocycles. The van der Waals surface area contributed by atoms with E-state index in [1.165, 1.54) is 37.8 Å². The monoisotopic (exact) mass is 206 g/mol. The van der Waals surface area contributed by atoms with Gasteiger partial charge in [-0.2, -0.15) is 0 Å². The van der Waals surface area contributed by atoms with Crippen molar-refractivity contribution in [2.75, 3.05) is 0 Å². The summed E-state index contributed by atoms with van der Waals surface area (Å²) in [7, 11) is 0. The molecule has 0 saturated heterocycles. The van der Waals surface area contributed by atoms with Crippen molar-refractivity contribution in [2.24, 2.45) is 5.73 Å². The highest BCUT2D eigenvalue weighted by molar-refractivity contribution is 5.17. The molecule has 2 N–H and O–H groups in total. The van der Waals surface area contributed by atoms with Crippen LogP contribution in [0.1, 0.15) is 57.7 Å². The summed E-state index contributed by atoms with van der Waals surface area (Å²) in [5.74, 6) is 0. The number of rotatable bonds is 2. The first-order valence-electron chi connectivity index (χ1n) is 6.05. The van der Waals surface area contributed by atoms with E-state index in [-0.39, 0.29) is 5.54 Å². The number of hydrogen-bond donors (Lipinski definition) is 1. The van der Waals surface area contributed by atoms with Crippen LogP contribution in [0.5, 0.6) is 0 Å². The van der Waals surface area contributed by atoms with Crippen molar-refractivity contribution in [3.63, 3.8) is 0 Å². The zero-order valence-electron chi connectivity index (χ0n) is 9.87. The summed E-state index contributed by atoms with van der Waals surface area (Å²) in [5.41, 5.74) is 7.24. The van der Waals surface area contributed by atoms with E-state index in [1.807, 2.05) is 0 Å². The lowest BCUT2D eigenvalue weighted by Gasteiger charge is -2.29. The Morgan fingerprint density at radius 2 is 1.93 bits per heavy atom. The molecule has 1 heterocycles. The SMILES string of the molecule is CC(C)(N)c1cccn1C1CCCCC1. The molecule has 2 heteroatoms. The number of nitrogens with two attached hydrogens (primary N) is 1. The molecule has 0 aliphatic heterocycles. The molecule has 0 amide bonds. The Balaban J connectivity index is 2.24. The van der Waals surface area contributed by atoms with E-state index >= 15 is 0 Å². The van der Waals surface area contributed by atoms with Crippen molar-refractivity contribution in [2.45, 2.75) is 57.5 Å². The molecule has 0 atom stereocenters. The van der Waals surface area contributed by atoms with Crippen molar-refractivity contribution in [1.82, 2.24) is 4.57 Å². The Kier molecular flexibility index (Phi) is 2.87. The van der Waals surface area contributed by atoms with Gasteiger partial charge >= 0.3 is 0 Å². The first-order chi connectivity index (χ1) is 7.09. The maximum absolute atomic E-state index is 6.19. The van der Waals surface area contributed by atoms with E-state index in [9.17, 15) is 0 Å². The highest BCUT2D eigenvalue weighted by atomic mass is 15.0. The number of nitrogens with zero attached hydrogens (tertiary/aromatic N) is 1. The molecule has 1 saturated carbocycles. The van der Waals surface area contributed by atoms with E-state index in [0.717, 1.165) is 0 Å². The zero-order valence-corrected chi connectivity index (χ0v) is 9.87. The Labute approximate surface area is 92.5 Å². The van der Waals surface area contributed by atoms with E-state index in [4.69, 9.17) is 5.73 Å². The second-order valence-corrected chi connectivity index (χ2v) is 5.31. The molecule has 1 aromatic rings. The quantitative estimate of drug-likeness (QED) is 0.791. The van der Waals surface area contributed by atoms with Crippen LogP contribution in [0.15, 0.2) is 18.3 Å². The summed E-state index contributed by atoms with van der Waals surface area (Å²) in [6.07, 6.45) is 8.97. The number of aromatic nitrogens is 1. The third-order valence-corrected chi connectivity index (χ3v) is 3.41. The minimum absolute atomic E-state index is 0.221. The zero-order chi connectivity index (χ0) is 10.9. The van der Waals surface area contributed by atoms with Gasteiger partial charge in [0.05, 0.1) is 5.54 Å². The van der Waals surface area contributed by atoms with Gasteiger partial charge in [0.2, 0.25) is 0 Å². The fourth-order valence-electron chi connectivity index (χ4n) is 2.62. The molecule has 1 aromatic heterocycles. The molecule has 15 heavy (non-hydrogen) atoms. The molecular formula is C13H22N2. The maximum Gasteiger partial charge on any atom is 0.0506 e. The lowest BCUT2D eigenvalue weighted by Crippen LogP contribution is -2.32. The van der Waals surface area contributed by atoms with Gasteiger partial charge in [0, 0.05) is 17.9 Å². The Hall–Kier alpha value is -0.760. The van der Waals surface area contributed by atoms with Gasteiger partial charge in [0.15, 0.2) is 0 Å². The van der Waals surface area contributed by atoms with E-state index in [2.05, 4.69) is 36.7 Å². The van der Waals surface area contributed by atoms with Crippen LogP contribution in [0, 0.1) is 0 Å². The van der Waals surface area contributed by atoms with Crippen LogP contribution in [0.3, 0.4) is 0 Å². The van der Waals surface area contributed by atoms with Crippen LogP contribution in [0.4, 0.5) is 0 Å². The van der Waals surface area contributed by atoms with E-state index in [1.54, 1.807) is 0 Å². The largest absolute Gasteiger partial charge is 0.347 e. The van der Waals surface area contributed by atoms with Crippen LogP contribution < -0.4 is 5.73 Å². The van der Waals surface area contributed by atoms with Gasteiger partial charge in [-0.3, -0.25) is 0 Å². The molecule has 0 bridgehead atoms. The molecule has 1 fully saturated rings. The molecule has 0 aromatic carbocycles. The average molecular weight is 206 g/mol. The van der Waals surface area contributed by atoms with Gasteiger partial charge in [0.25, 0.3) is 0 Å². The predicted octanol–water partition coefficient (Wildman–Crippen LogP) is 3.19. The predicted molar refractivity (Wildman–Crippen MR) is 63.8 cm³/mol. The van der Waals surface area contributed by atoms with E-state index in [0.29, 0.717) is 6.04 Å². The van der Waals surface area contributed by atoms with Crippen molar-refractivity contribution in [1.29, 1.82) is 0 Å². The summed E-state index contributed by atoms with van der Waals surface area (Å²) in [5, 5.41) is 0. The van der Waals surface area contributed by atoms with Crippen LogP contribution in [-0.2, 0) is 5.54 Å². The fourth-order valence-corrected chi connectivity index (χ4v) is 2.62. The molecular weight excluding hydrogens is 184 g/mol. The normalized spacial score (nSPS) is 19.4. The first kappa shape index (κ1) is 10.7. The average Bonchev–Trinajstić information content (AvgIpc) is 2.67. The Morgan fingerprint density at radius 1 is 1.27 bits per heavy atom. The number of hydrogen-bond acceptors (Lipinski definition) is 1. The first-order valence-corrected chi connectivity index (χ1v) is 6.05. The Morgan fingerprint density at radius 3 is 2.53 bits per heavy atom. The second-order valence-electron chi connectivity index (χ2n) is 5.31. The van der Waals surface area contributed by atoms with Crippen molar-refractivity contribution in [3.8, 4) is 0 Å². The summed E-state index contributed by atoms with van der Waals surface area (Å²) < 4.78 is 2.40. The molecule has 2 rings (SSSR count). The second kappa shape index (κ2) is 4.01. The van der Waals surface area contributed by atoms with Gasteiger partial charge in [-0.25, -0.2) is 0 Å². The molecule has 0 radical (unpaired) electrons. The molecule has 0 unspecified atom stereocenters. The lowest BCUT2D eigenvalue weighted by molar-refractivity contribution is 0.332. The van der Waals surface area contributed by atoms with Crippen molar-refractivity contribution in [3.05, 3.63) is 24.0 Å². The van der Waals surface area contributed by atoms with Gasteiger partial charge in [-0.1, -0.05) is 19.3 Å². The molecule has 0 spiro atoms. The maximum atomic E-state index is 6.19.